The Bertz CT molecular complexity index is 1410. The normalized spacial score (nSPS) is 12.1. The number of aromatic nitrogens is 3. The van der Waals surface area contributed by atoms with E-state index in [0.717, 1.165) is 28.2 Å². The van der Waals surface area contributed by atoms with Crippen molar-refractivity contribution in [2.75, 3.05) is 7.11 Å². The maximum atomic E-state index is 12.7. The Kier molecular flexibility index (Phi) is 5.74. The fraction of sp³-hybridized carbons (Fsp3) is 0.0909. The number of allylic oxidation sites excluding steroid dienone is 1. The summed E-state index contributed by atoms with van der Waals surface area (Å²) in [4.78, 5) is 29.4. The van der Waals surface area contributed by atoms with Crippen LogP contribution in [0.15, 0.2) is 64.2 Å². The van der Waals surface area contributed by atoms with E-state index >= 15 is 0 Å². The highest BCUT2D eigenvalue weighted by Crippen LogP contribution is 2.18. The number of ether oxygens (including phenoxy) is 1. The Labute approximate surface area is 180 Å². The van der Waals surface area contributed by atoms with Crippen molar-refractivity contribution in [1.82, 2.24) is 14.6 Å². The maximum absolute atomic E-state index is 12.7. The minimum Gasteiger partial charge on any atom is -0.496 e. The van der Waals surface area contributed by atoms with E-state index in [9.17, 15) is 9.59 Å². The highest BCUT2D eigenvalue weighted by atomic mass is 35.5. The quantitative estimate of drug-likeness (QED) is 0.480. The molecule has 0 N–H and O–H groups in total. The molecule has 0 amide bonds. The topological polar surface area (TPSA) is 73.6 Å². The zero-order chi connectivity index (χ0) is 21.1. The summed E-state index contributed by atoms with van der Waals surface area (Å²) in [6.45, 7) is 0. The molecular formula is C22H16ClN3O3S. The summed E-state index contributed by atoms with van der Waals surface area (Å²) in [5, 5.41) is 4.86. The molecule has 4 rings (SSSR count). The molecule has 2 heterocycles. The number of thiazole rings is 1. The van der Waals surface area contributed by atoms with Gasteiger partial charge in [-0.2, -0.15) is 14.6 Å². The SMILES string of the molecule is COc1ccccc1/C=C/C=c1/sc2nc(=O)c(Cc3ccc(Cl)cc3)nn2c1=O. The molecule has 0 aliphatic rings. The number of hydrogen-bond donors (Lipinski definition) is 0. The van der Waals surface area contributed by atoms with Crippen molar-refractivity contribution in [2.45, 2.75) is 6.42 Å². The first kappa shape index (κ1) is 20.0. The largest absolute Gasteiger partial charge is 0.496 e. The molecule has 0 spiro atoms. The molecule has 0 saturated carbocycles. The zero-order valence-electron chi connectivity index (χ0n) is 15.9. The lowest BCUT2D eigenvalue weighted by atomic mass is 10.1. The van der Waals surface area contributed by atoms with Crippen molar-refractivity contribution < 1.29 is 4.74 Å². The lowest BCUT2D eigenvalue weighted by Gasteiger charge is -2.02. The Hall–Kier alpha value is -3.29. The van der Waals surface area contributed by atoms with Crippen molar-refractivity contribution in [3.8, 4) is 5.75 Å². The molecule has 30 heavy (non-hydrogen) atoms. The van der Waals surface area contributed by atoms with Crippen molar-refractivity contribution in [1.29, 1.82) is 0 Å². The molecule has 0 radical (unpaired) electrons. The number of nitrogens with zero attached hydrogens (tertiary/aromatic N) is 3. The van der Waals surface area contributed by atoms with Gasteiger partial charge in [0.05, 0.1) is 11.6 Å². The first-order valence-electron chi connectivity index (χ1n) is 9.04. The van der Waals surface area contributed by atoms with Crippen LogP contribution >= 0.6 is 22.9 Å². The smallest absolute Gasteiger partial charge is 0.296 e. The molecule has 2 aromatic heterocycles. The third-order valence-corrected chi connectivity index (χ3v) is 5.63. The van der Waals surface area contributed by atoms with Crippen molar-refractivity contribution in [3.63, 3.8) is 0 Å². The van der Waals surface area contributed by atoms with Gasteiger partial charge in [-0.05, 0) is 29.8 Å². The van der Waals surface area contributed by atoms with Crippen molar-refractivity contribution >= 4 is 40.1 Å². The van der Waals surface area contributed by atoms with Gasteiger partial charge >= 0.3 is 0 Å². The molecule has 0 aliphatic heterocycles. The van der Waals surface area contributed by atoms with E-state index in [1.54, 1.807) is 31.4 Å². The zero-order valence-corrected chi connectivity index (χ0v) is 17.5. The van der Waals surface area contributed by atoms with Gasteiger partial charge in [0.25, 0.3) is 11.1 Å². The van der Waals surface area contributed by atoms with E-state index in [-0.39, 0.29) is 22.6 Å². The molecule has 150 valence electrons. The van der Waals surface area contributed by atoms with Gasteiger partial charge in [-0.15, -0.1) is 0 Å². The van der Waals surface area contributed by atoms with Crippen LogP contribution in [0.2, 0.25) is 5.02 Å². The summed E-state index contributed by atoms with van der Waals surface area (Å²) in [6, 6.07) is 14.7. The molecule has 0 unspecified atom stereocenters. The van der Waals surface area contributed by atoms with Gasteiger partial charge in [0.15, 0.2) is 0 Å². The first-order valence-corrected chi connectivity index (χ1v) is 10.2. The van der Waals surface area contributed by atoms with Crippen LogP contribution < -0.4 is 20.4 Å². The van der Waals surface area contributed by atoms with E-state index in [0.29, 0.717) is 9.55 Å². The summed E-state index contributed by atoms with van der Waals surface area (Å²) in [5.41, 5.74) is 1.20. The van der Waals surface area contributed by atoms with Gasteiger partial charge in [0.2, 0.25) is 4.96 Å². The third kappa shape index (κ3) is 4.17. The molecule has 0 fully saturated rings. The fourth-order valence-corrected chi connectivity index (χ4v) is 3.89. The van der Waals surface area contributed by atoms with Crippen LogP contribution in [0.3, 0.4) is 0 Å². The molecule has 0 aliphatic carbocycles. The highest BCUT2D eigenvalue weighted by molar-refractivity contribution is 7.15. The monoisotopic (exact) mass is 437 g/mol. The molecule has 0 atom stereocenters. The van der Waals surface area contributed by atoms with E-state index in [1.165, 1.54) is 4.52 Å². The Morgan fingerprint density at radius 2 is 1.90 bits per heavy atom. The Balaban J connectivity index is 1.69. The van der Waals surface area contributed by atoms with Crippen molar-refractivity contribution in [2.24, 2.45) is 0 Å². The van der Waals surface area contributed by atoms with Crippen LogP contribution in [0.5, 0.6) is 5.75 Å². The minimum absolute atomic E-state index is 0.209. The molecule has 0 saturated heterocycles. The Morgan fingerprint density at radius 3 is 2.67 bits per heavy atom. The van der Waals surface area contributed by atoms with Gasteiger partial charge in [0.1, 0.15) is 11.4 Å². The van der Waals surface area contributed by atoms with E-state index in [2.05, 4.69) is 10.1 Å². The number of hydrogen-bond acceptors (Lipinski definition) is 6. The summed E-state index contributed by atoms with van der Waals surface area (Å²) < 4.78 is 6.93. The van der Waals surface area contributed by atoms with Crippen LogP contribution in [-0.2, 0) is 6.42 Å². The summed E-state index contributed by atoms with van der Waals surface area (Å²) >= 11 is 7.02. The molecular weight excluding hydrogens is 422 g/mol. The van der Waals surface area contributed by atoms with Gasteiger partial charge in [-0.3, -0.25) is 9.59 Å². The van der Waals surface area contributed by atoms with Crippen LogP contribution in [-0.4, -0.2) is 21.7 Å². The average Bonchev–Trinajstić information content (AvgIpc) is 3.05. The number of benzene rings is 2. The molecule has 6 nitrogen and oxygen atoms in total. The van der Waals surface area contributed by atoms with Gasteiger partial charge in [-0.1, -0.05) is 65.4 Å². The third-order valence-electron chi connectivity index (χ3n) is 4.40. The lowest BCUT2D eigenvalue weighted by Crippen LogP contribution is -2.27. The van der Waals surface area contributed by atoms with Crippen molar-refractivity contribution in [3.05, 3.63) is 102 Å². The van der Waals surface area contributed by atoms with E-state index in [4.69, 9.17) is 16.3 Å². The van der Waals surface area contributed by atoms with E-state index < -0.39 is 5.56 Å². The number of rotatable bonds is 5. The summed E-state index contributed by atoms with van der Waals surface area (Å²) in [5.74, 6) is 0.737. The van der Waals surface area contributed by atoms with Crippen LogP contribution in [0.1, 0.15) is 16.8 Å². The number of methoxy groups -OCH3 is 1. The fourth-order valence-electron chi connectivity index (χ4n) is 2.90. The van der Waals surface area contributed by atoms with Crippen LogP contribution in [0.4, 0.5) is 0 Å². The standard InChI is InChI=1S/C22H16ClN3O3S/c1-29-18-7-3-2-5-15(18)6-4-8-19-21(28)26-22(30-19)24-20(27)17(25-26)13-14-9-11-16(23)12-10-14/h2-12H,13H2,1H3/b6-4+,19-8+. The Morgan fingerprint density at radius 1 is 1.13 bits per heavy atom. The lowest BCUT2D eigenvalue weighted by molar-refractivity contribution is 0.414. The number of halogens is 1. The first-order chi connectivity index (χ1) is 14.5. The molecule has 4 aromatic rings. The minimum atomic E-state index is -0.442. The second kappa shape index (κ2) is 8.61. The predicted molar refractivity (Wildman–Crippen MR) is 119 cm³/mol. The average molecular weight is 438 g/mol. The predicted octanol–water partition coefficient (Wildman–Crippen LogP) is 2.98. The highest BCUT2D eigenvalue weighted by Gasteiger charge is 2.11. The van der Waals surface area contributed by atoms with E-state index in [1.807, 2.05) is 42.5 Å². The summed E-state index contributed by atoms with van der Waals surface area (Å²) in [7, 11) is 1.61. The second-order valence-electron chi connectivity index (χ2n) is 6.40. The van der Waals surface area contributed by atoms with Gasteiger partial charge in [0, 0.05) is 17.0 Å². The van der Waals surface area contributed by atoms with Crippen LogP contribution in [0.25, 0.3) is 17.1 Å². The molecule has 8 heteroatoms. The number of fused-ring (bicyclic) bond motifs is 1. The maximum Gasteiger partial charge on any atom is 0.296 e. The molecule has 0 bridgehead atoms. The number of para-hydroxylation sites is 1. The molecule has 2 aromatic carbocycles. The summed E-state index contributed by atoms with van der Waals surface area (Å²) in [6.07, 6.45) is 5.56. The van der Waals surface area contributed by atoms with Gasteiger partial charge in [-0.25, -0.2) is 0 Å². The second-order valence-corrected chi connectivity index (χ2v) is 7.85. The van der Waals surface area contributed by atoms with Crippen LogP contribution in [0, 0.1) is 0 Å². The van der Waals surface area contributed by atoms with Gasteiger partial charge < -0.3 is 4.74 Å².